The second kappa shape index (κ2) is 11.6. The van der Waals surface area contributed by atoms with Gasteiger partial charge in [-0.2, -0.15) is 0 Å². The van der Waals surface area contributed by atoms with Gasteiger partial charge < -0.3 is 24.6 Å². The van der Waals surface area contributed by atoms with Gasteiger partial charge in [-0.3, -0.25) is 14.4 Å². The summed E-state index contributed by atoms with van der Waals surface area (Å²) in [5.41, 5.74) is 1.57. The fraction of sp³-hybridized carbons (Fsp3) is 0.500. The van der Waals surface area contributed by atoms with Gasteiger partial charge >= 0.3 is 0 Å². The Bertz CT molecular complexity index is 1170. The van der Waals surface area contributed by atoms with Crippen molar-refractivity contribution in [2.75, 3.05) is 46.4 Å². The Morgan fingerprint density at radius 2 is 1.76 bits per heavy atom. The number of piperidine rings is 2. The second-order valence-electron chi connectivity index (χ2n) is 10.8. The lowest BCUT2D eigenvalue weighted by Gasteiger charge is -2.42. The highest BCUT2D eigenvalue weighted by atomic mass is 16.5. The van der Waals surface area contributed by atoms with E-state index in [2.05, 4.69) is 5.32 Å². The van der Waals surface area contributed by atoms with Gasteiger partial charge in [-0.1, -0.05) is 24.3 Å². The van der Waals surface area contributed by atoms with Crippen LogP contribution in [0.25, 0.3) is 0 Å². The minimum Gasteiger partial charge on any atom is -0.457 e. The number of fused-ring (bicyclic) bond motifs is 4. The third-order valence-corrected chi connectivity index (χ3v) is 8.20. The topological polar surface area (TPSA) is 88.2 Å². The molecule has 0 aromatic heterocycles. The van der Waals surface area contributed by atoms with E-state index in [9.17, 15) is 14.4 Å². The van der Waals surface area contributed by atoms with E-state index in [1.54, 1.807) is 12.0 Å². The number of amides is 3. The normalized spacial score (nSPS) is 21.6. The first-order chi connectivity index (χ1) is 18.5. The Hall–Kier alpha value is -3.39. The molecule has 5 rings (SSSR count). The van der Waals surface area contributed by atoms with Gasteiger partial charge in [0, 0.05) is 46.3 Å². The molecular formula is C30H37N3O5. The number of benzene rings is 2. The first kappa shape index (κ1) is 26.2. The average molecular weight is 520 g/mol. The molecule has 0 radical (unpaired) electrons. The van der Waals surface area contributed by atoms with Crippen molar-refractivity contribution in [3.8, 4) is 11.5 Å². The Morgan fingerprint density at radius 1 is 1.05 bits per heavy atom. The Balaban J connectivity index is 1.30. The number of carbonyl (C=O) groups is 3. The van der Waals surface area contributed by atoms with Crippen molar-refractivity contribution in [1.29, 1.82) is 0 Å². The molecule has 38 heavy (non-hydrogen) atoms. The predicted octanol–water partition coefficient (Wildman–Crippen LogP) is 3.19. The molecule has 8 nitrogen and oxygen atoms in total. The highest BCUT2D eigenvalue weighted by molar-refractivity contribution is 5.85. The molecule has 202 valence electrons. The first-order valence-electron chi connectivity index (χ1n) is 13.7. The highest BCUT2D eigenvalue weighted by Crippen LogP contribution is 2.38. The van der Waals surface area contributed by atoms with E-state index < -0.39 is 5.41 Å². The SMILES string of the molecule is COCCN1CC(C(=O)N2CCC3(CC2)Cc2cccc(c2)Oc2cccc(c2)CCNC3=O)CCC1=O. The molecule has 3 aliphatic rings. The lowest BCUT2D eigenvalue weighted by atomic mass is 9.72. The molecule has 3 aliphatic heterocycles. The summed E-state index contributed by atoms with van der Waals surface area (Å²) in [6.07, 6.45) is 3.49. The summed E-state index contributed by atoms with van der Waals surface area (Å²) < 4.78 is 11.3. The van der Waals surface area contributed by atoms with E-state index in [1.807, 2.05) is 53.4 Å². The highest BCUT2D eigenvalue weighted by Gasteiger charge is 2.43. The number of nitrogens with one attached hydrogen (secondary N) is 1. The zero-order valence-corrected chi connectivity index (χ0v) is 22.1. The molecule has 0 saturated carbocycles. The minimum atomic E-state index is -0.588. The number of hydrogen-bond donors (Lipinski definition) is 1. The van der Waals surface area contributed by atoms with E-state index >= 15 is 0 Å². The van der Waals surface area contributed by atoms with Crippen LogP contribution >= 0.6 is 0 Å². The van der Waals surface area contributed by atoms with Crippen molar-refractivity contribution < 1.29 is 23.9 Å². The summed E-state index contributed by atoms with van der Waals surface area (Å²) in [6.45, 7) is 3.03. The Kier molecular flexibility index (Phi) is 7.98. The van der Waals surface area contributed by atoms with Crippen molar-refractivity contribution in [3.05, 3.63) is 59.7 Å². The molecule has 2 fully saturated rings. The zero-order valence-electron chi connectivity index (χ0n) is 22.1. The van der Waals surface area contributed by atoms with Crippen LogP contribution in [-0.4, -0.2) is 74.0 Å². The molecule has 8 heteroatoms. The van der Waals surface area contributed by atoms with Gasteiger partial charge in [0.15, 0.2) is 0 Å². The summed E-state index contributed by atoms with van der Waals surface area (Å²) in [5, 5.41) is 3.20. The maximum Gasteiger partial charge on any atom is 0.227 e. The molecule has 3 amide bonds. The Morgan fingerprint density at radius 3 is 2.50 bits per heavy atom. The molecular weight excluding hydrogens is 482 g/mol. The Labute approximate surface area is 224 Å². The molecule has 4 bridgehead atoms. The largest absolute Gasteiger partial charge is 0.457 e. The van der Waals surface area contributed by atoms with Gasteiger partial charge in [0.25, 0.3) is 0 Å². The lowest BCUT2D eigenvalue weighted by Crippen LogP contribution is -2.54. The third kappa shape index (κ3) is 5.85. The van der Waals surface area contributed by atoms with Crippen LogP contribution in [0.2, 0.25) is 0 Å². The summed E-state index contributed by atoms with van der Waals surface area (Å²) in [5.74, 6) is 1.58. The number of nitrogens with zero attached hydrogens (tertiary/aromatic N) is 2. The number of ether oxygens (including phenoxy) is 2. The second-order valence-corrected chi connectivity index (χ2v) is 10.8. The van der Waals surface area contributed by atoms with Crippen molar-refractivity contribution >= 4 is 17.7 Å². The summed E-state index contributed by atoms with van der Waals surface area (Å²) in [4.78, 5) is 43.0. The quantitative estimate of drug-likeness (QED) is 0.671. The standard InChI is InChI=1S/C30H37N3O5/c1-37-17-16-33-21-24(8-9-27(33)34)28(35)32-14-11-30(12-15-32)20-23-5-3-7-26(19-23)38-25-6-2-4-22(18-25)10-13-31-29(30)36/h2-7,18-19,24H,8-17,20-21H2,1H3,(H,31,36). The minimum absolute atomic E-state index is 0.0559. The van der Waals surface area contributed by atoms with Crippen LogP contribution in [0.3, 0.4) is 0 Å². The van der Waals surface area contributed by atoms with Crippen molar-refractivity contribution in [2.45, 2.75) is 38.5 Å². The van der Waals surface area contributed by atoms with Crippen molar-refractivity contribution in [2.24, 2.45) is 11.3 Å². The number of likely N-dealkylation sites (tertiary alicyclic amines) is 2. The smallest absolute Gasteiger partial charge is 0.227 e. The van der Waals surface area contributed by atoms with Crippen molar-refractivity contribution in [3.63, 3.8) is 0 Å². The third-order valence-electron chi connectivity index (χ3n) is 8.20. The average Bonchev–Trinajstić information content (AvgIpc) is 2.93. The predicted molar refractivity (Wildman–Crippen MR) is 143 cm³/mol. The molecule has 1 spiro atoms. The maximum atomic E-state index is 13.7. The van der Waals surface area contributed by atoms with Crippen LogP contribution in [-0.2, 0) is 32.0 Å². The molecule has 3 heterocycles. The lowest BCUT2D eigenvalue weighted by molar-refractivity contribution is -0.147. The monoisotopic (exact) mass is 519 g/mol. The van der Waals surface area contributed by atoms with Crippen LogP contribution < -0.4 is 10.1 Å². The molecule has 2 aromatic rings. The van der Waals surface area contributed by atoms with Crippen molar-refractivity contribution in [1.82, 2.24) is 15.1 Å². The van der Waals surface area contributed by atoms with Gasteiger partial charge in [-0.15, -0.1) is 0 Å². The maximum absolute atomic E-state index is 13.7. The molecule has 2 saturated heterocycles. The van der Waals surface area contributed by atoms with Gasteiger partial charge in [-0.05, 0) is 67.5 Å². The van der Waals surface area contributed by atoms with Gasteiger partial charge in [0.05, 0.1) is 17.9 Å². The van der Waals surface area contributed by atoms with Gasteiger partial charge in [-0.25, -0.2) is 0 Å². The molecule has 1 atom stereocenters. The number of rotatable bonds is 4. The van der Waals surface area contributed by atoms with Crippen LogP contribution in [0.5, 0.6) is 11.5 Å². The molecule has 1 unspecified atom stereocenters. The molecule has 2 aromatic carbocycles. The molecule has 0 aliphatic carbocycles. The van der Waals surface area contributed by atoms with Gasteiger partial charge in [0.1, 0.15) is 11.5 Å². The zero-order chi connectivity index (χ0) is 26.5. The number of hydrogen-bond acceptors (Lipinski definition) is 5. The summed E-state index contributed by atoms with van der Waals surface area (Å²) in [6, 6.07) is 16.0. The summed E-state index contributed by atoms with van der Waals surface area (Å²) >= 11 is 0. The fourth-order valence-electron chi connectivity index (χ4n) is 5.95. The van der Waals surface area contributed by atoms with E-state index in [-0.39, 0.29) is 23.6 Å². The summed E-state index contributed by atoms with van der Waals surface area (Å²) in [7, 11) is 1.61. The van der Waals surface area contributed by atoms with Crippen LogP contribution in [0.15, 0.2) is 48.5 Å². The van der Waals surface area contributed by atoms with Gasteiger partial charge in [0.2, 0.25) is 17.7 Å². The van der Waals surface area contributed by atoms with E-state index in [4.69, 9.17) is 9.47 Å². The van der Waals surface area contributed by atoms with E-state index in [0.29, 0.717) is 71.4 Å². The van der Waals surface area contributed by atoms with E-state index in [1.165, 1.54) is 0 Å². The molecule has 1 N–H and O–H groups in total. The van der Waals surface area contributed by atoms with E-state index in [0.717, 1.165) is 29.0 Å². The number of carbonyl (C=O) groups excluding carboxylic acids is 3. The fourth-order valence-corrected chi connectivity index (χ4v) is 5.95. The first-order valence-corrected chi connectivity index (χ1v) is 13.7. The van der Waals surface area contributed by atoms with Crippen LogP contribution in [0.4, 0.5) is 0 Å². The number of methoxy groups -OCH3 is 1. The van der Waals surface area contributed by atoms with Crippen LogP contribution in [0, 0.1) is 11.3 Å². The van der Waals surface area contributed by atoms with Crippen LogP contribution in [0.1, 0.15) is 36.8 Å².